The summed E-state index contributed by atoms with van der Waals surface area (Å²) in [6, 6.07) is 19.2. The van der Waals surface area contributed by atoms with Crippen LogP contribution in [0.25, 0.3) is 22.3 Å². The molecule has 9 nitrogen and oxygen atoms in total. The van der Waals surface area contributed by atoms with Gasteiger partial charge in [-0.1, -0.05) is 30.3 Å². The van der Waals surface area contributed by atoms with E-state index in [2.05, 4.69) is 15.3 Å². The Labute approximate surface area is 215 Å². The van der Waals surface area contributed by atoms with Crippen LogP contribution in [0.1, 0.15) is 36.8 Å². The highest BCUT2D eigenvalue weighted by Gasteiger charge is 2.20. The number of nitrogens with one attached hydrogen (secondary N) is 1. The van der Waals surface area contributed by atoms with Crippen LogP contribution in [-0.4, -0.2) is 32.5 Å². The molecule has 3 N–H and O–H groups in total. The number of carbonyl (C=O) groups is 3. The number of primary amides is 1. The lowest BCUT2D eigenvalue weighted by atomic mass is 10.1. The largest absolute Gasteiger partial charge is 0.366 e. The molecule has 0 bridgehead atoms. The molecule has 0 saturated heterocycles. The summed E-state index contributed by atoms with van der Waals surface area (Å²) in [7, 11) is 0. The van der Waals surface area contributed by atoms with Gasteiger partial charge in [0.1, 0.15) is 11.4 Å². The van der Waals surface area contributed by atoms with Crippen LogP contribution in [0.2, 0.25) is 0 Å². The maximum Gasteiger partial charge on any atom is 0.366 e. The lowest BCUT2D eigenvalue weighted by molar-refractivity contribution is 0.0479. The number of hydrogen-bond acceptors (Lipinski definition) is 6. The van der Waals surface area contributed by atoms with Crippen LogP contribution < -0.4 is 15.9 Å². The van der Waals surface area contributed by atoms with E-state index in [0.717, 1.165) is 4.73 Å². The molecular formula is C28H20FN5O4. The predicted octanol–water partition coefficient (Wildman–Crippen LogP) is 4.17. The van der Waals surface area contributed by atoms with Crippen LogP contribution >= 0.6 is 0 Å². The number of carbonyl (C=O) groups excluding carboxylic acids is 3. The number of amides is 2. The number of aryl methyl sites for hydroxylation is 1. The maximum absolute atomic E-state index is 13.6. The number of nitrogens with two attached hydrogens (primary N) is 1. The van der Waals surface area contributed by atoms with Gasteiger partial charge in [0.05, 0.1) is 23.0 Å². The van der Waals surface area contributed by atoms with Crippen molar-refractivity contribution >= 4 is 34.4 Å². The number of fused-ring (bicyclic) bond motifs is 1. The topological polar surface area (TPSA) is 129 Å². The average molecular weight is 509 g/mol. The van der Waals surface area contributed by atoms with E-state index in [0.29, 0.717) is 33.4 Å². The molecule has 2 amide bonds. The molecule has 5 aromatic rings. The van der Waals surface area contributed by atoms with Gasteiger partial charge in [0.15, 0.2) is 5.82 Å². The van der Waals surface area contributed by atoms with Crippen LogP contribution in [0.5, 0.6) is 0 Å². The third kappa shape index (κ3) is 4.82. The SMILES string of the molecule is Cc1nc(-c2cccc(F)c2)ncc1C(=O)On1cc(C(N)=O)c2cc(NC(=O)c3ccccc3)ccc21. The molecule has 0 radical (unpaired) electrons. The quantitative estimate of drug-likeness (QED) is 0.354. The summed E-state index contributed by atoms with van der Waals surface area (Å²) in [5.74, 6) is -2.02. The number of anilines is 1. The molecule has 0 aliphatic heterocycles. The van der Waals surface area contributed by atoms with Gasteiger partial charge in [-0.3, -0.25) is 9.59 Å². The Morgan fingerprint density at radius 1 is 0.974 bits per heavy atom. The monoisotopic (exact) mass is 509 g/mol. The van der Waals surface area contributed by atoms with Crippen molar-refractivity contribution in [3.63, 3.8) is 0 Å². The van der Waals surface area contributed by atoms with Crippen molar-refractivity contribution in [2.24, 2.45) is 5.73 Å². The number of nitrogens with zero attached hydrogens (tertiary/aromatic N) is 3. The van der Waals surface area contributed by atoms with Gasteiger partial charge in [-0.25, -0.2) is 19.2 Å². The first kappa shape index (κ1) is 24.3. The van der Waals surface area contributed by atoms with Gasteiger partial charge in [-0.2, -0.15) is 4.73 Å². The number of rotatable bonds is 6. The number of hydrogen-bond donors (Lipinski definition) is 2. The number of benzene rings is 3. The molecule has 0 spiro atoms. The van der Waals surface area contributed by atoms with E-state index in [9.17, 15) is 18.8 Å². The molecule has 188 valence electrons. The summed E-state index contributed by atoms with van der Waals surface area (Å²) in [5, 5.41) is 3.15. The molecule has 5 rings (SSSR count). The van der Waals surface area contributed by atoms with Gasteiger partial charge < -0.3 is 15.9 Å². The summed E-state index contributed by atoms with van der Waals surface area (Å²) in [5.41, 5.74) is 7.79. The van der Waals surface area contributed by atoms with Crippen molar-refractivity contribution in [1.29, 1.82) is 0 Å². The molecular weight excluding hydrogens is 489 g/mol. The second-order valence-electron chi connectivity index (χ2n) is 8.37. The molecule has 0 aliphatic carbocycles. The molecule has 2 aromatic heterocycles. The summed E-state index contributed by atoms with van der Waals surface area (Å²) in [6.07, 6.45) is 2.59. The van der Waals surface area contributed by atoms with Crippen LogP contribution in [0.4, 0.5) is 10.1 Å². The Bertz CT molecular complexity index is 1720. The molecule has 38 heavy (non-hydrogen) atoms. The summed E-state index contributed by atoms with van der Waals surface area (Å²) in [4.78, 5) is 51.6. The minimum Gasteiger partial charge on any atom is -0.366 e. The van der Waals surface area contributed by atoms with E-state index in [1.165, 1.54) is 30.6 Å². The highest BCUT2D eigenvalue weighted by Crippen LogP contribution is 2.25. The first-order valence-corrected chi connectivity index (χ1v) is 11.4. The fourth-order valence-electron chi connectivity index (χ4n) is 3.92. The zero-order valence-corrected chi connectivity index (χ0v) is 20.0. The Kier molecular flexibility index (Phi) is 6.36. The van der Waals surface area contributed by atoms with Crippen LogP contribution in [0.3, 0.4) is 0 Å². The molecule has 2 heterocycles. The zero-order valence-electron chi connectivity index (χ0n) is 20.0. The zero-order chi connectivity index (χ0) is 26.8. The minimum absolute atomic E-state index is 0.0828. The van der Waals surface area contributed by atoms with E-state index >= 15 is 0 Å². The molecule has 0 aliphatic rings. The molecule has 0 saturated carbocycles. The Balaban J connectivity index is 1.42. The van der Waals surface area contributed by atoms with E-state index in [-0.39, 0.29) is 22.9 Å². The summed E-state index contributed by atoms with van der Waals surface area (Å²) < 4.78 is 14.7. The molecule has 0 fully saturated rings. The Hall–Kier alpha value is -5.38. The molecule has 10 heteroatoms. The lowest BCUT2D eigenvalue weighted by Crippen LogP contribution is -2.21. The smallest absolute Gasteiger partial charge is 0.366 e. The number of aromatic nitrogens is 3. The Morgan fingerprint density at radius 3 is 2.47 bits per heavy atom. The average Bonchev–Trinajstić information content (AvgIpc) is 3.26. The van der Waals surface area contributed by atoms with Gasteiger partial charge >= 0.3 is 5.97 Å². The van der Waals surface area contributed by atoms with Crippen molar-refractivity contribution in [3.8, 4) is 11.4 Å². The minimum atomic E-state index is -0.775. The summed E-state index contributed by atoms with van der Waals surface area (Å²) in [6.45, 7) is 1.60. The predicted molar refractivity (Wildman–Crippen MR) is 138 cm³/mol. The van der Waals surface area contributed by atoms with Crippen molar-refractivity contribution in [2.75, 3.05) is 5.32 Å². The van der Waals surface area contributed by atoms with Crippen molar-refractivity contribution in [1.82, 2.24) is 14.7 Å². The van der Waals surface area contributed by atoms with Crippen LogP contribution in [0, 0.1) is 12.7 Å². The molecule has 3 aromatic carbocycles. The highest BCUT2D eigenvalue weighted by molar-refractivity contribution is 6.09. The third-order valence-electron chi connectivity index (χ3n) is 5.79. The van der Waals surface area contributed by atoms with Crippen molar-refractivity contribution < 1.29 is 23.6 Å². The van der Waals surface area contributed by atoms with Gasteiger partial charge in [-0.15, -0.1) is 0 Å². The van der Waals surface area contributed by atoms with Crippen LogP contribution in [-0.2, 0) is 0 Å². The van der Waals surface area contributed by atoms with E-state index in [4.69, 9.17) is 10.6 Å². The standard InChI is InChI=1S/C28H20FN5O4/c1-16-22(14-31-26(32-16)18-8-5-9-19(29)12-18)28(37)38-34-15-23(25(30)35)21-13-20(10-11-24(21)34)33-27(36)17-6-3-2-4-7-17/h2-15H,1H3,(H2,30,35)(H,33,36). The molecule has 0 unspecified atom stereocenters. The first-order chi connectivity index (χ1) is 18.3. The second-order valence-corrected chi connectivity index (χ2v) is 8.37. The van der Waals surface area contributed by atoms with E-state index in [1.807, 2.05) is 0 Å². The fraction of sp³-hybridized carbons (Fsp3) is 0.0357. The van der Waals surface area contributed by atoms with E-state index < -0.39 is 17.7 Å². The fourth-order valence-corrected chi connectivity index (χ4v) is 3.92. The van der Waals surface area contributed by atoms with Crippen molar-refractivity contribution in [3.05, 3.63) is 113 Å². The van der Waals surface area contributed by atoms with Gasteiger partial charge in [-0.05, 0) is 49.4 Å². The van der Waals surface area contributed by atoms with Gasteiger partial charge in [0.25, 0.3) is 11.8 Å². The second kappa shape index (κ2) is 9.94. The molecule has 0 atom stereocenters. The maximum atomic E-state index is 13.6. The number of halogens is 1. The lowest BCUT2D eigenvalue weighted by Gasteiger charge is -2.09. The van der Waals surface area contributed by atoms with Crippen LogP contribution in [0.15, 0.2) is 85.2 Å². The first-order valence-electron chi connectivity index (χ1n) is 11.4. The normalized spacial score (nSPS) is 10.8. The van der Waals surface area contributed by atoms with Gasteiger partial charge in [0, 0.05) is 28.4 Å². The Morgan fingerprint density at radius 2 is 1.76 bits per heavy atom. The van der Waals surface area contributed by atoms with Gasteiger partial charge in [0.2, 0.25) is 0 Å². The van der Waals surface area contributed by atoms with Crippen molar-refractivity contribution in [2.45, 2.75) is 6.92 Å². The van der Waals surface area contributed by atoms with E-state index in [1.54, 1.807) is 61.5 Å². The summed E-state index contributed by atoms with van der Waals surface area (Å²) >= 11 is 0. The third-order valence-corrected chi connectivity index (χ3v) is 5.79. The highest BCUT2D eigenvalue weighted by atomic mass is 19.1.